The highest BCUT2D eigenvalue weighted by Gasteiger charge is 2.26. The number of para-hydroxylation sites is 2. The van der Waals surface area contributed by atoms with Crippen molar-refractivity contribution in [2.75, 3.05) is 16.8 Å². The Morgan fingerprint density at radius 3 is 2.27 bits per heavy atom. The molecule has 1 aliphatic rings. The molecule has 0 radical (unpaired) electrons. The monoisotopic (exact) mass is 437 g/mol. The SMILES string of the molecule is O=C(CN1C(=O)CC(c2ccc(Cl)cc2)=Nc2ccccc21)Nc1ccc(Cl)cc1. The van der Waals surface area contributed by atoms with Crippen LogP contribution in [0.25, 0.3) is 0 Å². The first kappa shape index (κ1) is 20.1. The predicted molar refractivity (Wildman–Crippen MR) is 121 cm³/mol. The van der Waals surface area contributed by atoms with E-state index in [0.717, 1.165) is 5.56 Å². The van der Waals surface area contributed by atoms with Crippen molar-refractivity contribution in [2.45, 2.75) is 6.42 Å². The molecule has 0 aliphatic carbocycles. The Kier molecular flexibility index (Phi) is 5.84. The van der Waals surface area contributed by atoms with E-state index in [9.17, 15) is 9.59 Å². The molecule has 0 saturated carbocycles. The summed E-state index contributed by atoms with van der Waals surface area (Å²) in [6, 6.07) is 21.3. The topological polar surface area (TPSA) is 61.8 Å². The lowest BCUT2D eigenvalue weighted by Crippen LogP contribution is -2.38. The normalized spacial score (nSPS) is 13.3. The number of hydrogen-bond acceptors (Lipinski definition) is 3. The summed E-state index contributed by atoms with van der Waals surface area (Å²) in [5, 5.41) is 3.99. The fraction of sp³-hybridized carbons (Fsp3) is 0.0870. The maximum Gasteiger partial charge on any atom is 0.244 e. The number of nitrogens with zero attached hydrogens (tertiary/aromatic N) is 2. The molecule has 0 unspecified atom stereocenters. The maximum atomic E-state index is 13.1. The minimum absolute atomic E-state index is 0.0739. The second-order valence-electron chi connectivity index (χ2n) is 6.77. The van der Waals surface area contributed by atoms with Crippen LogP contribution in [0, 0.1) is 0 Å². The van der Waals surface area contributed by atoms with E-state index in [4.69, 9.17) is 28.2 Å². The van der Waals surface area contributed by atoms with Gasteiger partial charge in [-0.1, -0.05) is 47.5 Å². The van der Waals surface area contributed by atoms with E-state index in [1.807, 2.05) is 30.3 Å². The number of rotatable bonds is 4. The van der Waals surface area contributed by atoms with E-state index in [-0.39, 0.29) is 24.8 Å². The van der Waals surface area contributed by atoms with Crippen LogP contribution in [0.3, 0.4) is 0 Å². The zero-order valence-corrected chi connectivity index (χ0v) is 17.3. The van der Waals surface area contributed by atoms with Gasteiger partial charge in [0.05, 0.1) is 23.5 Å². The van der Waals surface area contributed by atoms with E-state index >= 15 is 0 Å². The van der Waals surface area contributed by atoms with Gasteiger partial charge in [0.15, 0.2) is 0 Å². The summed E-state index contributed by atoms with van der Waals surface area (Å²) in [4.78, 5) is 31.9. The molecule has 0 saturated heterocycles. The van der Waals surface area contributed by atoms with Crippen LogP contribution < -0.4 is 10.2 Å². The molecule has 2 amide bonds. The smallest absolute Gasteiger partial charge is 0.244 e. The summed E-state index contributed by atoms with van der Waals surface area (Å²) in [5.74, 6) is -0.518. The molecule has 4 rings (SSSR count). The number of carbonyl (C=O) groups excluding carboxylic acids is 2. The van der Waals surface area contributed by atoms with Crippen molar-refractivity contribution in [3.05, 3.63) is 88.4 Å². The number of aliphatic imine (C=N–C) groups is 1. The van der Waals surface area contributed by atoms with Crippen LogP contribution in [-0.2, 0) is 9.59 Å². The molecule has 5 nitrogen and oxygen atoms in total. The minimum atomic E-state index is -0.310. The Hall–Kier alpha value is -3.15. The van der Waals surface area contributed by atoms with Gasteiger partial charge >= 0.3 is 0 Å². The summed E-state index contributed by atoms with van der Waals surface area (Å²) in [6.07, 6.45) is 0.0739. The lowest BCUT2D eigenvalue weighted by atomic mass is 10.1. The van der Waals surface area contributed by atoms with E-state index in [1.165, 1.54) is 4.90 Å². The zero-order chi connectivity index (χ0) is 21.1. The van der Waals surface area contributed by atoms with Gasteiger partial charge in [0, 0.05) is 15.7 Å². The molecule has 0 spiro atoms. The third-order valence-corrected chi connectivity index (χ3v) is 5.16. The van der Waals surface area contributed by atoms with Crippen molar-refractivity contribution in [1.29, 1.82) is 0 Å². The molecule has 3 aromatic carbocycles. The Morgan fingerprint density at radius 1 is 0.933 bits per heavy atom. The molecule has 30 heavy (non-hydrogen) atoms. The molecule has 1 heterocycles. The highest BCUT2D eigenvalue weighted by Crippen LogP contribution is 2.33. The quantitative estimate of drug-likeness (QED) is 0.586. The second kappa shape index (κ2) is 8.69. The number of amides is 2. The number of anilines is 2. The molecule has 0 atom stereocenters. The summed E-state index contributed by atoms with van der Waals surface area (Å²) >= 11 is 11.9. The van der Waals surface area contributed by atoms with Crippen molar-refractivity contribution in [3.63, 3.8) is 0 Å². The molecule has 7 heteroatoms. The molecular weight excluding hydrogens is 421 g/mol. The first-order valence-electron chi connectivity index (χ1n) is 9.28. The fourth-order valence-electron chi connectivity index (χ4n) is 3.20. The highest BCUT2D eigenvalue weighted by molar-refractivity contribution is 6.31. The minimum Gasteiger partial charge on any atom is -0.325 e. The Morgan fingerprint density at radius 2 is 1.57 bits per heavy atom. The Balaban J connectivity index is 1.60. The van der Waals surface area contributed by atoms with E-state index in [2.05, 4.69) is 5.32 Å². The Labute approximate surface area is 183 Å². The summed E-state index contributed by atoms with van der Waals surface area (Å²) in [6.45, 7) is -0.123. The van der Waals surface area contributed by atoms with Gasteiger partial charge in [0.1, 0.15) is 6.54 Å². The second-order valence-corrected chi connectivity index (χ2v) is 7.64. The molecule has 150 valence electrons. The van der Waals surface area contributed by atoms with Crippen LogP contribution in [0.2, 0.25) is 10.0 Å². The van der Waals surface area contributed by atoms with Crippen molar-refractivity contribution < 1.29 is 9.59 Å². The first-order valence-corrected chi connectivity index (χ1v) is 10.0. The lowest BCUT2D eigenvalue weighted by molar-refractivity contribution is -0.120. The van der Waals surface area contributed by atoms with Crippen LogP contribution >= 0.6 is 23.2 Å². The largest absolute Gasteiger partial charge is 0.325 e. The molecule has 0 aromatic heterocycles. The summed E-state index contributed by atoms with van der Waals surface area (Å²) < 4.78 is 0. The van der Waals surface area contributed by atoms with Crippen LogP contribution in [0.5, 0.6) is 0 Å². The molecule has 1 aliphatic heterocycles. The summed E-state index contributed by atoms with van der Waals surface area (Å²) in [5.41, 5.74) is 3.28. The van der Waals surface area contributed by atoms with Crippen molar-refractivity contribution >= 4 is 57.8 Å². The zero-order valence-electron chi connectivity index (χ0n) is 15.8. The van der Waals surface area contributed by atoms with Crippen molar-refractivity contribution in [2.24, 2.45) is 4.99 Å². The van der Waals surface area contributed by atoms with Gasteiger partial charge in [-0.3, -0.25) is 14.6 Å². The number of hydrogen-bond donors (Lipinski definition) is 1. The third kappa shape index (κ3) is 4.53. The number of carbonyl (C=O) groups is 2. The standard InChI is InChI=1S/C23H17Cl2N3O2/c24-16-7-5-15(6-8-16)20-13-23(30)28(21-4-2-1-3-19(21)27-20)14-22(29)26-18-11-9-17(25)10-12-18/h1-12H,13-14H2,(H,26,29). The van der Waals surface area contributed by atoms with Crippen LogP contribution in [-0.4, -0.2) is 24.1 Å². The number of fused-ring (bicyclic) bond motifs is 1. The van der Waals surface area contributed by atoms with Crippen LogP contribution in [0.4, 0.5) is 17.1 Å². The average molecular weight is 438 g/mol. The molecule has 0 fully saturated rings. The van der Waals surface area contributed by atoms with Gasteiger partial charge in [-0.2, -0.15) is 0 Å². The van der Waals surface area contributed by atoms with Gasteiger partial charge in [0.25, 0.3) is 0 Å². The van der Waals surface area contributed by atoms with Gasteiger partial charge in [0.2, 0.25) is 11.8 Å². The van der Waals surface area contributed by atoms with Crippen LogP contribution in [0.1, 0.15) is 12.0 Å². The van der Waals surface area contributed by atoms with E-state index < -0.39 is 0 Å². The number of nitrogens with one attached hydrogen (secondary N) is 1. The van der Waals surface area contributed by atoms with Gasteiger partial charge in [-0.25, -0.2) is 0 Å². The fourth-order valence-corrected chi connectivity index (χ4v) is 3.46. The molecule has 3 aromatic rings. The molecule has 1 N–H and O–H groups in total. The van der Waals surface area contributed by atoms with Crippen molar-refractivity contribution in [3.8, 4) is 0 Å². The lowest BCUT2D eigenvalue weighted by Gasteiger charge is -2.22. The maximum absolute atomic E-state index is 13.1. The number of halogens is 2. The predicted octanol–water partition coefficient (Wildman–Crippen LogP) is 5.49. The number of benzene rings is 3. The van der Waals surface area contributed by atoms with E-state index in [1.54, 1.807) is 42.5 Å². The average Bonchev–Trinajstić information content (AvgIpc) is 2.87. The highest BCUT2D eigenvalue weighted by atomic mass is 35.5. The van der Waals surface area contributed by atoms with Gasteiger partial charge in [-0.05, 0) is 54.1 Å². The molecular formula is C23H17Cl2N3O2. The third-order valence-electron chi connectivity index (χ3n) is 4.65. The van der Waals surface area contributed by atoms with Gasteiger partial charge in [-0.15, -0.1) is 0 Å². The Bertz CT molecular complexity index is 1130. The summed E-state index contributed by atoms with van der Waals surface area (Å²) in [7, 11) is 0. The molecule has 0 bridgehead atoms. The van der Waals surface area contributed by atoms with Crippen molar-refractivity contribution in [1.82, 2.24) is 0 Å². The van der Waals surface area contributed by atoms with Gasteiger partial charge < -0.3 is 10.2 Å². The van der Waals surface area contributed by atoms with E-state index in [0.29, 0.717) is 32.8 Å². The van der Waals surface area contributed by atoms with Crippen LogP contribution in [0.15, 0.2) is 77.8 Å². The first-order chi connectivity index (χ1) is 14.5.